The highest BCUT2D eigenvalue weighted by molar-refractivity contribution is 6.36. The first-order valence-electron chi connectivity index (χ1n) is 14.1. The van der Waals surface area contributed by atoms with E-state index in [2.05, 4.69) is 16.5 Å². The van der Waals surface area contributed by atoms with Crippen LogP contribution in [0.15, 0.2) is 54.0 Å². The van der Waals surface area contributed by atoms with Crippen LogP contribution in [0.25, 0.3) is 27.7 Å². The molecule has 1 saturated heterocycles. The molecule has 2 aliphatic heterocycles. The Kier molecular flexibility index (Phi) is 7.20. The van der Waals surface area contributed by atoms with Gasteiger partial charge in [0, 0.05) is 36.5 Å². The Labute approximate surface area is 252 Å². The number of aryl methyl sites for hydroxylation is 1. The summed E-state index contributed by atoms with van der Waals surface area (Å²) in [6.45, 7) is 11.8. The SMILES string of the molecule is C=CC(=O)N1CC2COc3c(Cl)c(-c4ccccc4F)c(F)c4c3c(nc(=O)n4-c3c(C)ccnc3C(C)C)N2CC1C. The predicted molar refractivity (Wildman–Crippen MR) is 162 cm³/mol. The molecule has 6 rings (SSSR count). The number of nitrogens with zero attached hydrogens (tertiary/aromatic N) is 5. The highest BCUT2D eigenvalue weighted by atomic mass is 35.5. The average molecular weight is 606 g/mol. The van der Waals surface area contributed by atoms with Gasteiger partial charge in [-0.15, -0.1) is 0 Å². The number of anilines is 1. The first kappa shape index (κ1) is 28.8. The van der Waals surface area contributed by atoms with E-state index >= 15 is 8.78 Å². The molecule has 1 amide bonds. The van der Waals surface area contributed by atoms with Crippen molar-refractivity contribution in [3.05, 3.63) is 87.6 Å². The molecule has 0 bridgehead atoms. The van der Waals surface area contributed by atoms with Crippen molar-refractivity contribution in [3.63, 3.8) is 0 Å². The Balaban J connectivity index is 1.75. The minimum Gasteiger partial charge on any atom is -0.489 e. The van der Waals surface area contributed by atoms with E-state index in [1.165, 1.54) is 28.8 Å². The Hall–Kier alpha value is -4.31. The number of carbonyl (C=O) groups is 1. The zero-order valence-electron chi connectivity index (χ0n) is 24.2. The van der Waals surface area contributed by atoms with E-state index < -0.39 is 23.4 Å². The fraction of sp³-hybridized carbons (Fsp3) is 0.312. The maximum Gasteiger partial charge on any atom is 0.354 e. The number of halogens is 3. The van der Waals surface area contributed by atoms with Crippen LogP contribution in [-0.4, -0.2) is 57.1 Å². The summed E-state index contributed by atoms with van der Waals surface area (Å²) < 4.78 is 39.9. The molecule has 2 aliphatic rings. The molecule has 2 unspecified atom stereocenters. The van der Waals surface area contributed by atoms with Crippen LogP contribution < -0.4 is 15.3 Å². The number of aromatic nitrogens is 3. The fourth-order valence-corrected chi connectivity index (χ4v) is 6.48. The molecule has 0 radical (unpaired) electrons. The minimum atomic E-state index is -0.886. The lowest BCUT2D eigenvalue weighted by Crippen LogP contribution is -2.60. The van der Waals surface area contributed by atoms with Crippen molar-refractivity contribution in [2.24, 2.45) is 0 Å². The lowest BCUT2D eigenvalue weighted by molar-refractivity contribution is -0.129. The standard InChI is InChI=1S/C32H30ClF2N5O3/c1-6-22(41)38-14-19-15-43-30-24-29(26(35)23(25(30)33)20-9-7-8-10-21(20)34)40(28-17(4)11-12-36-27(28)16(2)3)32(42)37-31(24)39(19)13-18(38)5/h6-12,16,18-19H,1,13-15H2,2-5H3. The average Bonchev–Trinajstić information content (AvgIpc) is 3.12. The summed E-state index contributed by atoms with van der Waals surface area (Å²) >= 11 is 6.90. The van der Waals surface area contributed by atoms with Crippen LogP contribution >= 0.6 is 11.6 Å². The van der Waals surface area contributed by atoms with Gasteiger partial charge in [0.2, 0.25) is 5.91 Å². The van der Waals surface area contributed by atoms with Crippen molar-refractivity contribution >= 4 is 34.2 Å². The van der Waals surface area contributed by atoms with Crippen LogP contribution in [0, 0.1) is 18.6 Å². The molecule has 222 valence electrons. The van der Waals surface area contributed by atoms with Gasteiger partial charge in [0.1, 0.15) is 23.8 Å². The maximum atomic E-state index is 17.2. The summed E-state index contributed by atoms with van der Waals surface area (Å²) in [5, 5.41) is 0.0561. The number of hydrogen-bond donors (Lipinski definition) is 0. The third kappa shape index (κ3) is 4.47. The number of pyridine rings is 1. The smallest absolute Gasteiger partial charge is 0.354 e. The van der Waals surface area contributed by atoms with Gasteiger partial charge in [-0.1, -0.05) is 50.2 Å². The minimum absolute atomic E-state index is 0.0541. The van der Waals surface area contributed by atoms with Crippen LogP contribution in [0.1, 0.15) is 37.9 Å². The molecule has 0 saturated carbocycles. The van der Waals surface area contributed by atoms with E-state index in [1.807, 2.05) is 32.6 Å². The molecule has 4 aromatic rings. The zero-order valence-corrected chi connectivity index (χ0v) is 25.0. The van der Waals surface area contributed by atoms with Gasteiger partial charge in [0.25, 0.3) is 0 Å². The quantitative estimate of drug-likeness (QED) is 0.274. The van der Waals surface area contributed by atoms with Gasteiger partial charge in [-0.2, -0.15) is 4.98 Å². The fourth-order valence-electron chi connectivity index (χ4n) is 6.14. The predicted octanol–water partition coefficient (Wildman–Crippen LogP) is 5.80. The van der Waals surface area contributed by atoms with Gasteiger partial charge >= 0.3 is 5.69 Å². The normalized spacial score (nSPS) is 18.0. The van der Waals surface area contributed by atoms with Crippen molar-refractivity contribution < 1.29 is 18.3 Å². The van der Waals surface area contributed by atoms with Crippen LogP contribution in [0.2, 0.25) is 5.02 Å². The number of piperazine rings is 1. The molecule has 0 N–H and O–H groups in total. The first-order chi connectivity index (χ1) is 20.5. The molecule has 2 aromatic carbocycles. The van der Waals surface area contributed by atoms with Crippen LogP contribution in [0.5, 0.6) is 5.75 Å². The number of amides is 1. The lowest BCUT2D eigenvalue weighted by atomic mass is 9.99. The lowest BCUT2D eigenvalue weighted by Gasteiger charge is -2.44. The molecule has 43 heavy (non-hydrogen) atoms. The summed E-state index contributed by atoms with van der Waals surface area (Å²) in [7, 11) is 0. The summed E-state index contributed by atoms with van der Waals surface area (Å²) in [5.74, 6) is -1.64. The molecule has 0 aliphatic carbocycles. The summed E-state index contributed by atoms with van der Waals surface area (Å²) in [6.07, 6.45) is 2.89. The number of fused-ring (bicyclic) bond motifs is 2. The number of carbonyl (C=O) groups excluding carboxylic acids is 1. The van der Waals surface area contributed by atoms with Gasteiger partial charge in [-0.05, 0) is 43.5 Å². The van der Waals surface area contributed by atoms with E-state index in [-0.39, 0.29) is 69.6 Å². The van der Waals surface area contributed by atoms with Crippen molar-refractivity contribution in [3.8, 4) is 22.6 Å². The molecule has 8 nitrogen and oxygen atoms in total. The second-order valence-corrected chi connectivity index (χ2v) is 11.6. The Morgan fingerprint density at radius 3 is 2.65 bits per heavy atom. The van der Waals surface area contributed by atoms with Crippen LogP contribution in [0.3, 0.4) is 0 Å². The van der Waals surface area contributed by atoms with Gasteiger partial charge in [-0.25, -0.2) is 13.6 Å². The third-order valence-electron chi connectivity index (χ3n) is 8.21. The third-order valence-corrected chi connectivity index (χ3v) is 8.57. The Bertz CT molecular complexity index is 1870. The van der Waals surface area contributed by atoms with Crippen LogP contribution in [0.4, 0.5) is 14.6 Å². The Morgan fingerprint density at radius 2 is 1.95 bits per heavy atom. The van der Waals surface area contributed by atoms with E-state index in [1.54, 1.807) is 23.2 Å². The number of benzene rings is 2. The second-order valence-electron chi connectivity index (χ2n) is 11.3. The molecule has 11 heteroatoms. The molecule has 1 fully saturated rings. The molecule has 2 aromatic heterocycles. The van der Waals surface area contributed by atoms with Gasteiger partial charge in [0.15, 0.2) is 11.6 Å². The van der Waals surface area contributed by atoms with Crippen molar-refractivity contribution in [2.45, 2.75) is 45.7 Å². The van der Waals surface area contributed by atoms with Crippen molar-refractivity contribution in [1.82, 2.24) is 19.4 Å². The van der Waals surface area contributed by atoms with E-state index in [9.17, 15) is 9.59 Å². The van der Waals surface area contributed by atoms with Gasteiger partial charge in [0.05, 0.1) is 27.8 Å². The van der Waals surface area contributed by atoms with Crippen molar-refractivity contribution in [1.29, 1.82) is 0 Å². The summed E-state index contributed by atoms with van der Waals surface area (Å²) in [6, 6.07) is 6.76. The Morgan fingerprint density at radius 1 is 1.21 bits per heavy atom. The molecular formula is C32H30ClF2N5O3. The molecule has 2 atom stereocenters. The topological polar surface area (TPSA) is 80.6 Å². The van der Waals surface area contributed by atoms with Crippen molar-refractivity contribution in [2.75, 3.05) is 24.6 Å². The zero-order chi connectivity index (χ0) is 30.7. The van der Waals surface area contributed by atoms with E-state index in [4.69, 9.17) is 16.3 Å². The van der Waals surface area contributed by atoms with E-state index in [0.717, 1.165) is 0 Å². The highest BCUT2D eigenvalue weighted by Gasteiger charge is 2.40. The van der Waals surface area contributed by atoms with E-state index in [0.29, 0.717) is 23.5 Å². The highest BCUT2D eigenvalue weighted by Crippen LogP contribution is 2.49. The monoisotopic (exact) mass is 605 g/mol. The second kappa shape index (κ2) is 10.8. The summed E-state index contributed by atoms with van der Waals surface area (Å²) in [4.78, 5) is 39.3. The first-order valence-corrected chi connectivity index (χ1v) is 14.4. The number of hydrogen-bond acceptors (Lipinski definition) is 6. The molecule has 4 heterocycles. The molecule has 0 spiro atoms. The maximum absolute atomic E-state index is 17.2. The van der Waals surface area contributed by atoms with Gasteiger partial charge < -0.3 is 14.5 Å². The summed E-state index contributed by atoms with van der Waals surface area (Å²) in [5.41, 5.74) is 0.475. The number of rotatable bonds is 4. The van der Waals surface area contributed by atoms with Gasteiger partial charge in [-0.3, -0.25) is 14.3 Å². The van der Waals surface area contributed by atoms with Crippen LogP contribution in [-0.2, 0) is 4.79 Å². The molecular weight excluding hydrogens is 576 g/mol. The number of ether oxygens (including phenoxy) is 1. The largest absolute Gasteiger partial charge is 0.489 e.